The van der Waals surface area contributed by atoms with Gasteiger partial charge < -0.3 is 4.57 Å². The molecular formula is C9H12N4O2. The Hall–Kier alpha value is -1.85. The smallest absolute Gasteiger partial charge is 0.325 e. The van der Waals surface area contributed by atoms with Crippen LogP contribution < -0.4 is 11.2 Å². The fourth-order valence-corrected chi connectivity index (χ4v) is 1.67. The highest BCUT2D eigenvalue weighted by molar-refractivity contribution is 5.70. The normalized spacial score (nSPS) is 11.1. The molecule has 2 aromatic rings. The molecule has 2 rings (SSSR count). The van der Waals surface area contributed by atoms with Crippen molar-refractivity contribution < 1.29 is 0 Å². The van der Waals surface area contributed by atoms with E-state index >= 15 is 0 Å². The maximum absolute atomic E-state index is 11.6. The van der Waals surface area contributed by atoms with Gasteiger partial charge >= 0.3 is 5.69 Å². The number of hydrogen-bond donors (Lipinski definition) is 1. The molecule has 2 heterocycles. The van der Waals surface area contributed by atoms with E-state index in [1.807, 2.05) is 6.92 Å². The summed E-state index contributed by atoms with van der Waals surface area (Å²) in [5.74, 6) is 0.789. The third kappa shape index (κ3) is 1.21. The van der Waals surface area contributed by atoms with Gasteiger partial charge in [0.25, 0.3) is 5.56 Å². The zero-order valence-electron chi connectivity index (χ0n) is 8.87. The number of aromatic nitrogens is 4. The summed E-state index contributed by atoms with van der Waals surface area (Å²) < 4.78 is 3.06. The molecule has 6 nitrogen and oxygen atoms in total. The van der Waals surface area contributed by atoms with Crippen molar-refractivity contribution in [2.45, 2.75) is 13.3 Å². The number of nitrogens with one attached hydrogen (secondary N) is 1. The molecule has 0 fully saturated rings. The predicted octanol–water partition coefficient (Wildman–Crippen LogP) is -0.477. The SMILES string of the molecule is CCc1nc2c(c(=O)[nH]c(=O)n2C)n1C. The van der Waals surface area contributed by atoms with Crippen molar-refractivity contribution >= 4 is 11.2 Å². The molecule has 0 amide bonds. The van der Waals surface area contributed by atoms with Gasteiger partial charge in [-0.2, -0.15) is 0 Å². The van der Waals surface area contributed by atoms with Crippen LogP contribution >= 0.6 is 0 Å². The summed E-state index contributed by atoms with van der Waals surface area (Å²) >= 11 is 0. The molecule has 0 aliphatic heterocycles. The van der Waals surface area contributed by atoms with Crippen LogP contribution in [-0.4, -0.2) is 19.1 Å². The lowest BCUT2D eigenvalue weighted by atomic mass is 10.4. The fourth-order valence-electron chi connectivity index (χ4n) is 1.67. The number of fused-ring (bicyclic) bond motifs is 1. The minimum absolute atomic E-state index is 0.386. The molecule has 0 aromatic carbocycles. The van der Waals surface area contributed by atoms with E-state index in [1.165, 1.54) is 4.57 Å². The van der Waals surface area contributed by atoms with Crippen LogP contribution in [0.3, 0.4) is 0 Å². The van der Waals surface area contributed by atoms with E-state index in [0.717, 1.165) is 12.2 Å². The third-order valence-electron chi connectivity index (χ3n) is 2.54. The quantitative estimate of drug-likeness (QED) is 0.688. The van der Waals surface area contributed by atoms with Crippen molar-refractivity contribution in [3.05, 3.63) is 26.7 Å². The van der Waals surface area contributed by atoms with Crippen molar-refractivity contribution in [1.29, 1.82) is 0 Å². The second-order valence-electron chi connectivity index (χ2n) is 3.43. The van der Waals surface area contributed by atoms with Crippen molar-refractivity contribution in [1.82, 2.24) is 19.1 Å². The highest BCUT2D eigenvalue weighted by Crippen LogP contribution is 2.08. The first-order valence-electron chi connectivity index (χ1n) is 4.70. The van der Waals surface area contributed by atoms with Gasteiger partial charge in [-0.15, -0.1) is 0 Å². The summed E-state index contributed by atoms with van der Waals surface area (Å²) in [6.07, 6.45) is 0.721. The fraction of sp³-hybridized carbons (Fsp3) is 0.444. The van der Waals surface area contributed by atoms with Crippen molar-refractivity contribution in [3.8, 4) is 0 Å². The molecule has 0 saturated carbocycles. The Labute approximate surface area is 85.2 Å². The van der Waals surface area contributed by atoms with E-state index in [4.69, 9.17) is 0 Å². The molecular weight excluding hydrogens is 196 g/mol. The topological polar surface area (TPSA) is 72.7 Å². The van der Waals surface area contributed by atoms with E-state index in [2.05, 4.69) is 9.97 Å². The van der Waals surface area contributed by atoms with Crippen molar-refractivity contribution in [2.75, 3.05) is 0 Å². The van der Waals surface area contributed by atoms with E-state index in [-0.39, 0.29) is 5.56 Å². The largest absolute Gasteiger partial charge is 0.329 e. The average Bonchev–Trinajstić information content (AvgIpc) is 2.53. The molecule has 0 radical (unpaired) electrons. The minimum Gasteiger partial charge on any atom is -0.325 e. The molecule has 1 N–H and O–H groups in total. The lowest BCUT2D eigenvalue weighted by Crippen LogP contribution is -2.29. The van der Waals surface area contributed by atoms with Gasteiger partial charge in [0.15, 0.2) is 11.2 Å². The van der Waals surface area contributed by atoms with E-state index in [9.17, 15) is 9.59 Å². The zero-order chi connectivity index (χ0) is 11.2. The van der Waals surface area contributed by atoms with Crippen LogP contribution in [0.15, 0.2) is 9.59 Å². The Bertz CT molecular complexity index is 632. The first-order chi connectivity index (χ1) is 7.06. The molecule has 0 saturated heterocycles. The van der Waals surface area contributed by atoms with E-state index < -0.39 is 5.69 Å². The first kappa shape index (κ1) is 9.70. The monoisotopic (exact) mass is 208 g/mol. The van der Waals surface area contributed by atoms with Crippen LogP contribution in [0.25, 0.3) is 11.2 Å². The van der Waals surface area contributed by atoms with Crippen LogP contribution in [0.2, 0.25) is 0 Å². The van der Waals surface area contributed by atoms with Gasteiger partial charge in [0.1, 0.15) is 5.82 Å². The minimum atomic E-state index is -0.437. The Morgan fingerprint density at radius 1 is 1.27 bits per heavy atom. The number of aryl methyl sites for hydroxylation is 3. The maximum Gasteiger partial charge on any atom is 0.329 e. The highest BCUT2D eigenvalue weighted by atomic mass is 16.2. The van der Waals surface area contributed by atoms with Crippen LogP contribution in [0.5, 0.6) is 0 Å². The third-order valence-corrected chi connectivity index (χ3v) is 2.54. The van der Waals surface area contributed by atoms with Gasteiger partial charge in [-0.3, -0.25) is 14.3 Å². The standard InChI is InChI=1S/C9H12N4O2/c1-4-5-10-7-6(12(5)2)8(14)11-9(15)13(7)3/h4H2,1-3H3,(H,11,14,15). The lowest BCUT2D eigenvalue weighted by Gasteiger charge is -1.98. The summed E-state index contributed by atoms with van der Waals surface area (Å²) in [4.78, 5) is 29.4. The molecule has 2 aromatic heterocycles. The summed E-state index contributed by atoms with van der Waals surface area (Å²) in [6, 6.07) is 0. The molecule has 6 heteroatoms. The average molecular weight is 208 g/mol. The van der Waals surface area contributed by atoms with Gasteiger partial charge in [-0.05, 0) is 0 Å². The van der Waals surface area contributed by atoms with Crippen molar-refractivity contribution in [2.24, 2.45) is 14.1 Å². The Morgan fingerprint density at radius 3 is 2.53 bits per heavy atom. The summed E-state index contributed by atoms with van der Waals surface area (Å²) in [7, 11) is 3.36. The number of imidazole rings is 1. The number of hydrogen-bond acceptors (Lipinski definition) is 3. The first-order valence-corrected chi connectivity index (χ1v) is 4.70. The predicted molar refractivity (Wildman–Crippen MR) is 56.0 cm³/mol. The van der Waals surface area contributed by atoms with Gasteiger partial charge in [0.05, 0.1) is 0 Å². The Kier molecular flexibility index (Phi) is 1.99. The second kappa shape index (κ2) is 3.08. The van der Waals surface area contributed by atoms with E-state index in [0.29, 0.717) is 11.2 Å². The van der Waals surface area contributed by atoms with Crippen LogP contribution in [0, 0.1) is 0 Å². The van der Waals surface area contributed by atoms with E-state index in [1.54, 1.807) is 18.7 Å². The summed E-state index contributed by atoms with van der Waals surface area (Å²) in [5.41, 5.74) is 0.0492. The van der Waals surface area contributed by atoms with Crippen LogP contribution in [0.1, 0.15) is 12.7 Å². The van der Waals surface area contributed by atoms with Gasteiger partial charge in [-0.25, -0.2) is 9.78 Å². The lowest BCUT2D eigenvalue weighted by molar-refractivity contribution is 0.824. The number of aromatic amines is 1. The summed E-state index contributed by atoms with van der Waals surface area (Å²) in [6.45, 7) is 1.95. The molecule has 15 heavy (non-hydrogen) atoms. The molecule has 0 aliphatic rings. The summed E-state index contributed by atoms with van der Waals surface area (Å²) in [5, 5.41) is 0. The van der Waals surface area contributed by atoms with Gasteiger partial charge in [0, 0.05) is 20.5 Å². The Balaban J connectivity index is 3.07. The van der Waals surface area contributed by atoms with Gasteiger partial charge in [0.2, 0.25) is 0 Å². The zero-order valence-corrected chi connectivity index (χ0v) is 8.87. The molecule has 0 bridgehead atoms. The molecule has 0 atom stereocenters. The maximum atomic E-state index is 11.6. The van der Waals surface area contributed by atoms with Crippen molar-refractivity contribution in [3.63, 3.8) is 0 Å². The Morgan fingerprint density at radius 2 is 1.93 bits per heavy atom. The highest BCUT2D eigenvalue weighted by Gasteiger charge is 2.12. The number of rotatable bonds is 1. The molecule has 0 unspecified atom stereocenters. The molecule has 0 spiro atoms. The molecule has 0 aliphatic carbocycles. The second-order valence-corrected chi connectivity index (χ2v) is 3.43. The van der Waals surface area contributed by atoms with Gasteiger partial charge in [-0.1, -0.05) is 6.92 Å². The number of nitrogens with zero attached hydrogens (tertiary/aromatic N) is 3. The van der Waals surface area contributed by atoms with Crippen LogP contribution in [0.4, 0.5) is 0 Å². The van der Waals surface area contributed by atoms with Crippen LogP contribution in [-0.2, 0) is 20.5 Å². The molecule has 80 valence electrons. The number of H-pyrrole nitrogens is 1.